The average Bonchev–Trinajstić information content (AvgIpc) is 1.96. The van der Waals surface area contributed by atoms with Gasteiger partial charge in [0.15, 0.2) is 0 Å². The van der Waals surface area contributed by atoms with Crippen molar-refractivity contribution in [2.75, 3.05) is 19.6 Å². The quantitative estimate of drug-likeness (QED) is 0.608. The number of carboxylic acid groups (broad SMARTS) is 1. The number of rotatable bonds is 4. The summed E-state index contributed by atoms with van der Waals surface area (Å²) in [6.45, 7) is 3.25. The third kappa shape index (κ3) is 2.69. The summed E-state index contributed by atoms with van der Waals surface area (Å²) in [5.74, 6) is -0.948. The van der Waals surface area contributed by atoms with Gasteiger partial charge in [-0.05, 0) is 13.3 Å². The van der Waals surface area contributed by atoms with E-state index in [1.165, 1.54) is 6.92 Å². The standard InChI is InChI=1S/C8H14N2O3/c1-6(8(12)13)9-5-7(11)10-3-2-4-10/h6,9H,2-5H2,1H3,(H,12,13)/t6-/m1/s1. The molecule has 0 aromatic rings. The lowest BCUT2D eigenvalue weighted by molar-refractivity contribution is -0.139. The van der Waals surface area contributed by atoms with Gasteiger partial charge in [-0.2, -0.15) is 0 Å². The fraction of sp³-hybridized carbons (Fsp3) is 0.750. The van der Waals surface area contributed by atoms with Crippen LogP contribution in [-0.4, -0.2) is 47.6 Å². The molecular formula is C8H14N2O3. The first-order chi connectivity index (χ1) is 6.11. The fourth-order valence-corrected chi connectivity index (χ4v) is 1.01. The molecule has 1 rings (SSSR count). The number of nitrogens with one attached hydrogen (secondary N) is 1. The molecule has 1 saturated heterocycles. The average molecular weight is 186 g/mol. The second-order valence-electron chi connectivity index (χ2n) is 3.18. The van der Waals surface area contributed by atoms with E-state index < -0.39 is 12.0 Å². The molecule has 0 unspecified atom stereocenters. The molecule has 1 fully saturated rings. The highest BCUT2D eigenvalue weighted by Crippen LogP contribution is 2.04. The molecule has 5 heteroatoms. The number of hydrogen-bond acceptors (Lipinski definition) is 3. The molecule has 0 aromatic carbocycles. The monoisotopic (exact) mass is 186 g/mol. The maximum atomic E-state index is 11.2. The molecule has 0 spiro atoms. The Morgan fingerprint density at radius 3 is 2.54 bits per heavy atom. The van der Waals surface area contributed by atoms with Gasteiger partial charge in [-0.1, -0.05) is 0 Å². The number of hydrogen-bond donors (Lipinski definition) is 2. The van der Waals surface area contributed by atoms with Crippen LogP contribution in [0.1, 0.15) is 13.3 Å². The van der Waals surface area contributed by atoms with E-state index in [4.69, 9.17) is 5.11 Å². The predicted octanol–water partition coefficient (Wildman–Crippen LogP) is -0.719. The van der Waals surface area contributed by atoms with Crippen LogP contribution in [0.5, 0.6) is 0 Å². The molecule has 1 aliphatic heterocycles. The van der Waals surface area contributed by atoms with Crippen LogP contribution in [-0.2, 0) is 9.59 Å². The summed E-state index contributed by atoms with van der Waals surface area (Å²) in [4.78, 5) is 23.3. The minimum absolute atomic E-state index is 0.0145. The summed E-state index contributed by atoms with van der Waals surface area (Å²) in [6.07, 6.45) is 1.06. The Morgan fingerprint density at radius 1 is 1.54 bits per heavy atom. The van der Waals surface area contributed by atoms with Crippen molar-refractivity contribution in [3.63, 3.8) is 0 Å². The molecule has 5 nitrogen and oxygen atoms in total. The van der Waals surface area contributed by atoms with Gasteiger partial charge in [-0.25, -0.2) is 0 Å². The fourth-order valence-electron chi connectivity index (χ4n) is 1.01. The van der Waals surface area contributed by atoms with Crippen molar-refractivity contribution in [2.45, 2.75) is 19.4 Å². The van der Waals surface area contributed by atoms with E-state index in [0.717, 1.165) is 19.5 Å². The van der Waals surface area contributed by atoms with E-state index in [1.807, 2.05) is 0 Å². The molecule has 0 aromatic heterocycles. The molecule has 0 radical (unpaired) electrons. The smallest absolute Gasteiger partial charge is 0.320 e. The highest BCUT2D eigenvalue weighted by Gasteiger charge is 2.20. The van der Waals surface area contributed by atoms with Gasteiger partial charge in [0.05, 0.1) is 6.54 Å². The van der Waals surface area contributed by atoms with Crippen LogP contribution < -0.4 is 5.32 Å². The van der Waals surface area contributed by atoms with Crippen molar-refractivity contribution in [1.29, 1.82) is 0 Å². The Bertz CT molecular complexity index is 213. The maximum absolute atomic E-state index is 11.2. The third-order valence-corrected chi connectivity index (χ3v) is 2.14. The zero-order chi connectivity index (χ0) is 9.84. The summed E-state index contributed by atoms with van der Waals surface area (Å²) < 4.78 is 0. The lowest BCUT2D eigenvalue weighted by Gasteiger charge is -2.31. The van der Waals surface area contributed by atoms with Gasteiger partial charge in [0.1, 0.15) is 6.04 Å². The first kappa shape index (κ1) is 9.98. The highest BCUT2D eigenvalue weighted by atomic mass is 16.4. The van der Waals surface area contributed by atoms with Crippen molar-refractivity contribution in [3.05, 3.63) is 0 Å². The molecule has 0 saturated carbocycles. The first-order valence-electron chi connectivity index (χ1n) is 4.35. The second-order valence-corrected chi connectivity index (χ2v) is 3.18. The molecule has 0 bridgehead atoms. The topological polar surface area (TPSA) is 69.6 Å². The number of aliphatic carboxylic acids is 1. The first-order valence-corrected chi connectivity index (χ1v) is 4.35. The van der Waals surface area contributed by atoms with E-state index in [1.54, 1.807) is 4.90 Å². The van der Waals surface area contributed by atoms with Crippen molar-refractivity contribution >= 4 is 11.9 Å². The zero-order valence-corrected chi connectivity index (χ0v) is 7.62. The molecule has 0 aliphatic carbocycles. The summed E-state index contributed by atoms with van der Waals surface area (Å²) >= 11 is 0. The van der Waals surface area contributed by atoms with E-state index in [9.17, 15) is 9.59 Å². The number of nitrogens with zero attached hydrogens (tertiary/aromatic N) is 1. The van der Waals surface area contributed by atoms with E-state index >= 15 is 0 Å². The highest BCUT2D eigenvalue weighted by molar-refractivity contribution is 5.80. The van der Waals surface area contributed by atoms with Gasteiger partial charge in [0.2, 0.25) is 5.91 Å². The largest absolute Gasteiger partial charge is 0.480 e. The molecular weight excluding hydrogens is 172 g/mol. The van der Waals surface area contributed by atoms with Crippen LogP contribution in [0.15, 0.2) is 0 Å². The van der Waals surface area contributed by atoms with Gasteiger partial charge >= 0.3 is 5.97 Å². The van der Waals surface area contributed by atoms with E-state index in [2.05, 4.69) is 5.32 Å². The van der Waals surface area contributed by atoms with E-state index in [0.29, 0.717) is 0 Å². The molecule has 1 aliphatic rings. The Labute approximate surface area is 76.7 Å². The van der Waals surface area contributed by atoms with Crippen molar-refractivity contribution in [3.8, 4) is 0 Å². The molecule has 74 valence electrons. The van der Waals surface area contributed by atoms with Gasteiger partial charge in [-0.15, -0.1) is 0 Å². The normalized spacial score (nSPS) is 17.8. The molecule has 1 heterocycles. The van der Waals surface area contributed by atoms with Crippen molar-refractivity contribution in [1.82, 2.24) is 10.2 Å². The predicted molar refractivity (Wildman–Crippen MR) is 46.3 cm³/mol. The van der Waals surface area contributed by atoms with Crippen LogP contribution in [0.25, 0.3) is 0 Å². The van der Waals surface area contributed by atoms with Gasteiger partial charge < -0.3 is 10.0 Å². The summed E-state index contributed by atoms with van der Waals surface area (Å²) in [5.41, 5.74) is 0. The van der Waals surface area contributed by atoms with Crippen molar-refractivity contribution in [2.24, 2.45) is 0 Å². The van der Waals surface area contributed by atoms with E-state index in [-0.39, 0.29) is 12.5 Å². The van der Waals surface area contributed by atoms with Gasteiger partial charge in [-0.3, -0.25) is 14.9 Å². The SMILES string of the molecule is C[C@@H](NCC(=O)N1CCC1)C(=O)O. The Balaban J connectivity index is 2.17. The number of amides is 1. The molecule has 13 heavy (non-hydrogen) atoms. The maximum Gasteiger partial charge on any atom is 0.320 e. The Hall–Kier alpha value is -1.10. The van der Waals surface area contributed by atoms with Crippen molar-refractivity contribution < 1.29 is 14.7 Å². The Kier molecular flexibility index (Phi) is 3.25. The second kappa shape index (κ2) is 4.23. The van der Waals surface area contributed by atoms with Crippen LogP contribution in [0.3, 0.4) is 0 Å². The number of likely N-dealkylation sites (tertiary alicyclic amines) is 1. The minimum atomic E-state index is -0.934. The summed E-state index contributed by atoms with van der Waals surface area (Å²) in [5, 5.41) is 11.2. The third-order valence-electron chi connectivity index (χ3n) is 2.14. The van der Waals surface area contributed by atoms with Crippen LogP contribution in [0.2, 0.25) is 0 Å². The van der Waals surface area contributed by atoms with Gasteiger partial charge in [0, 0.05) is 13.1 Å². The Morgan fingerprint density at radius 2 is 2.15 bits per heavy atom. The van der Waals surface area contributed by atoms with Gasteiger partial charge in [0.25, 0.3) is 0 Å². The zero-order valence-electron chi connectivity index (χ0n) is 7.62. The van der Waals surface area contributed by atoms with Crippen LogP contribution in [0, 0.1) is 0 Å². The molecule has 2 N–H and O–H groups in total. The summed E-state index contributed by atoms with van der Waals surface area (Å²) in [7, 11) is 0. The number of carbonyl (C=O) groups excluding carboxylic acids is 1. The van der Waals surface area contributed by atoms with Crippen LogP contribution in [0.4, 0.5) is 0 Å². The lowest BCUT2D eigenvalue weighted by atomic mass is 10.2. The summed E-state index contributed by atoms with van der Waals surface area (Å²) in [6, 6.07) is -0.662. The number of carboxylic acids is 1. The number of carbonyl (C=O) groups is 2. The minimum Gasteiger partial charge on any atom is -0.480 e. The molecule has 1 atom stereocenters. The molecule has 1 amide bonds. The lowest BCUT2D eigenvalue weighted by Crippen LogP contribution is -2.48. The van der Waals surface area contributed by atoms with Crippen LogP contribution >= 0.6 is 0 Å².